The number of hydrogen-bond donors (Lipinski definition) is 3. The van der Waals surface area contributed by atoms with Crippen LogP contribution >= 0.6 is 0 Å². The second-order valence-electron chi connectivity index (χ2n) is 3.72. The number of hydrogen-bond acceptors (Lipinski definition) is 5. The number of urea groups is 1. The highest BCUT2D eigenvalue weighted by Crippen LogP contribution is 2.17. The highest BCUT2D eigenvalue weighted by Gasteiger charge is 2.17. The van der Waals surface area contributed by atoms with E-state index >= 15 is 0 Å². The fourth-order valence-corrected chi connectivity index (χ4v) is 1.32. The summed E-state index contributed by atoms with van der Waals surface area (Å²) in [4.78, 5) is 26.2. The molecule has 1 atom stereocenters. The molecule has 1 aromatic heterocycles. The first-order valence-corrected chi connectivity index (χ1v) is 5.37. The normalized spacial score (nSPS) is 11.7. The van der Waals surface area contributed by atoms with Crippen LogP contribution in [0.1, 0.15) is 18.3 Å². The number of primary amides is 1. The molecule has 5 N–H and O–H groups in total. The van der Waals surface area contributed by atoms with Gasteiger partial charge in [-0.1, -0.05) is 0 Å². The SMILES string of the molecule is Cc1ccc(OC(C)C(=O)NC(N)=O)c(CN)n1. The number of ether oxygens (including phenoxy) is 1. The summed E-state index contributed by atoms with van der Waals surface area (Å²) in [6.07, 6.45) is -0.868. The Bertz CT molecular complexity index is 462. The molecule has 0 bridgehead atoms. The molecular weight excluding hydrogens is 236 g/mol. The standard InChI is InChI=1S/C11H16N4O3/c1-6-3-4-9(8(5-12)14-6)18-7(2)10(16)15-11(13)17/h3-4,7H,5,12H2,1-2H3,(H3,13,15,16,17). The Morgan fingerprint density at radius 1 is 1.50 bits per heavy atom. The zero-order valence-electron chi connectivity index (χ0n) is 10.3. The van der Waals surface area contributed by atoms with Crippen molar-refractivity contribution < 1.29 is 14.3 Å². The van der Waals surface area contributed by atoms with Crippen molar-refractivity contribution in [3.05, 3.63) is 23.5 Å². The summed E-state index contributed by atoms with van der Waals surface area (Å²) in [5, 5.41) is 1.93. The minimum Gasteiger partial charge on any atom is -0.479 e. The molecule has 0 radical (unpaired) electrons. The van der Waals surface area contributed by atoms with Crippen LogP contribution in [0.4, 0.5) is 4.79 Å². The maximum Gasteiger partial charge on any atom is 0.318 e. The molecule has 7 heteroatoms. The molecule has 0 spiro atoms. The van der Waals surface area contributed by atoms with Crippen LogP contribution in [0.2, 0.25) is 0 Å². The third-order valence-electron chi connectivity index (χ3n) is 2.18. The number of rotatable bonds is 4. The van der Waals surface area contributed by atoms with E-state index in [4.69, 9.17) is 16.2 Å². The number of nitrogens with zero attached hydrogens (tertiary/aromatic N) is 1. The molecule has 0 aliphatic rings. The van der Waals surface area contributed by atoms with Crippen LogP contribution in [0.15, 0.2) is 12.1 Å². The zero-order valence-corrected chi connectivity index (χ0v) is 10.3. The Morgan fingerprint density at radius 2 is 2.17 bits per heavy atom. The summed E-state index contributed by atoms with van der Waals surface area (Å²) >= 11 is 0. The number of aryl methyl sites for hydroxylation is 1. The van der Waals surface area contributed by atoms with Crippen LogP contribution in [0.3, 0.4) is 0 Å². The topological polar surface area (TPSA) is 120 Å². The molecule has 98 valence electrons. The first-order chi connectivity index (χ1) is 8.43. The highest BCUT2D eigenvalue weighted by atomic mass is 16.5. The maximum atomic E-state index is 11.4. The van der Waals surface area contributed by atoms with Gasteiger partial charge in [0.1, 0.15) is 5.75 Å². The average Bonchev–Trinajstić information content (AvgIpc) is 2.30. The van der Waals surface area contributed by atoms with Crippen LogP contribution in [0.5, 0.6) is 5.75 Å². The summed E-state index contributed by atoms with van der Waals surface area (Å²) in [5.74, 6) is -0.207. The first kappa shape index (κ1) is 13.9. The molecule has 1 unspecified atom stereocenters. The van der Waals surface area contributed by atoms with Gasteiger partial charge in [-0.05, 0) is 26.0 Å². The van der Waals surface area contributed by atoms with E-state index in [-0.39, 0.29) is 6.54 Å². The zero-order chi connectivity index (χ0) is 13.7. The number of nitrogens with two attached hydrogens (primary N) is 2. The number of amides is 3. The summed E-state index contributed by atoms with van der Waals surface area (Å²) in [7, 11) is 0. The number of carbonyl (C=O) groups excluding carboxylic acids is 2. The lowest BCUT2D eigenvalue weighted by atomic mass is 10.2. The van der Waals surface area contributed by atoms with Gasteiger partial charge in [-0.3, -0.25) is 15.1 Å². The lowest BCUT2D eigenvalue weighted by Gasteiger charge is -2.15. The van der Waals surface area contributed by atoms with Crippen molar-refractivity contribution in [2.24, 2.45) is 11.5 Å². The summed E-state index contributed by atoms with van der Waals surface area (Å²) in [5.41, 5.74) is 11.7. The van der Waals surface area contributed by atoms with Gasteiger partial charge in [0, 0.05) is 12.2 Å². The minimum atomic E-state index is -0.920. The number of pyridine rings is 1. The Kier molecular flexibility index (Phi) is 4.61. The van der Waals surface area contributed by atoms with Crippen molar-refractivity contribution in [2.75, 3.05) is 0 Å². The van der Waals surface area contributed by atoms with E-state index in [1.165, 1.54) is 6.92 Å². The molecule has 7 nitrogen and oxygen atoms in total. The van der Waals surface area contributed by atoms with E-state index in [2.05, 4.69) is 4.98 Å². The molecular formula is C11H16N4O3. The third-order valence-corrected chi connectivity index (χ3v) is 2.18. The lowest BCUT2D eigenvalue weighted by molar-refractivity contribution is -0.126. The van der Waals surface area contributed by atoms with E-state index < -0.39 is 18.0 Å². The van der Waals surface area contributed by atoms with E-state index in [0.29, 0.717) is 11.4 Å². The number of nitrogens with one attached hydrogen (secondary N) is 1. The van der Waals surface area contributed by atoms with Crippen LogP contribution in [0, 0.1) is 6.92 Å². The molecule has 0 saturated heterocycles. The van der Waals surface area contributed by atoms with Gasteiger partial charge >= 0.3 is 6.03 Å². The molecule has 1 heterocycles. The number of imide groups is 1. The van der Waals surface area contributed by atoms with Crippen molar-refractivity contribution in [3.63, 3.8) is 0 Å². The van der Waals surface area contributed by atoms with E-state index in [1.807, 2.05) is 12.2 Å². The largest absolute Gasteiger partial charge is 0.479 e. The van der Waals surface area contributed by atoms with E-state index in [0.717, 1.165) is 5.69 Å². The first-order valence-electron chi connectivity index (χ1n) is 5.37. The van der Waals surface area contributed by atoms with Gasteiger partial charge in [-0.2, -0.15) is 0 Å². The van der Waals surface area contributed by atoms with E-state index in [1.54, 1.807) is 12.1 Å². The molecule has 18 heavy (non-hydrogen) atoms. The predicted molar refractivity (Wildman–Crippen MR) is 64.7 cm³/mol. The predicted octanol–water partition coefficient (Wildman–Crippen LogP) is -0.189. The fourth-order valence-electron chi connectivity index (χ4n) is 1.32. The van der Waals surface area contributed by atoms with Crippen LogP contribution < -0.4 is 21.5 Å². The monoisotopic (exact) mass is 252 g/mol. The molecule has 3 amide bonds. The average molecular weight is 252 g/mol. The third kappa shape index (κ3) is 3.70. The molecule has 0 saturated carbocycles. The van der Waals surface area contributed by atoms with E-state index in [9.17, 15) is 9.59 Å². The fraction of sp³-hybridized carbons (Fsp3) is 0.364. The smallest absolute Gasteiger partial charge is 0.318 e. The van der Waals surface area contributed by atoms with Crippen LogP contribution in [-0.2, 0) is 11.3 Å². The van der Waals surface area contributed by atoms with Gasteiger partial charge in [-0.15, -0.1) is 0 Å². The Hall–Kier alpha value is -2.15. The van der Waals surface area contributed by atoms with Gasteiger partial charge in [0.2, 0.25) is 0 Å². The Morgan fingerprint density at radius 3 is 2.72 bits per heavy atom. The van der Waals surface area contributed by atoms with Gasteiger partial charge < -0.3 is 16.2 Å². The molecule has 0 aliphatic heterocycles. The Balaban J connectivity index is 2.78. The van der Waals surface area contributed by atoms with Gasteiger partial charge in [-0.25, -0.2) is 4.79 Å². The number of carbonyl (C=O) groups is 2. The number of aromatic nitrogens is 1. The van der Waals surface area contributed by atoms with Gasteiger partial charge in [0.05, 0.1) is 5.69 Å². The van der Waals surface area contributed by atoms with Gasteiger partial charge in [0.25, 0.3) is 5.91 Å². The van der Waals surface area contributed by atoms with Gasteiger partial charge in [0.15, 0.2) is 6.10 Å². The molecule has 0 aromatic carbocycles. The lowest BCUT2D eigenvalue weighted by Crippen LogP contribution is -2.42. The second kappa shape index (κ2) is 5.97. The van der Waals surface area contributed by atoms with Crippen molar-refractivity contribution in [1.29, 1.82) is 0 Å². The summed E-state index contributed by atoms with van der Waals surface area (Å²) in [6.45, 7) is 3.52. The molecule has 1 rings (SSSR count). The van der Waals surface area contributed by atoms with Crippen molar-refractivity contribution >= 4 is 11.9 Å². The maximum absolute atomic E-state index is 11.4. The second-order valence-corrected chi connectivity index (χ2v) is 3.72. The molecule has 0 aliphatic carbocycles. The van der Waals surface area contributed by atoms with Crippen molar-refractivity contribution in [2.45, 2.75) is 26.5 Å². The highest BCUT2D eigenvalue weighted by molar-refractivity contribution is 5.95. The molecule has 1 aromatic rings. The Labute approximate surface area is 105 Å². The van der Waals surface area contributed by atoms with Crippen molar-refractivity contribution in [3.8, 4) is 5.75 Å². The quantitative estimate of drug-likeness (QED) is 0.686. The minimum absolute atomic E-state index is 0.196. The van der Waals surface area contributed by atoms with Crippen molar-refractivity contribution in [1.82, 2.24) is 10.3 Å². The summed E-state index contributed by atoms with van der Waals surface area (Å²) in [6, 6.07) is 2.50. The summed E-state index contributed by atoms with van der Waals surface area (Å²) < 4.78 is 5.39. The van der Waals surface area contributed by atoms with Crippen LogP contribution in [-0.4, -0.2) is 23.0 Å². The molecule has 0 fully saturated rings. The van der Waals surface area contributed by atoms with Crippen LogP contribution in [0.25, 0.3) is 0 Å².